The number of urea groups is 1. The Hall–Kier alpha value is -6.40. The molecule has 0 aliphatic carbocycles. The maximum absolute atomic E-state index is 16.2. The number of halogens is 4. The number of hydrogen-bond donors (Lipinski definition) is 5. The highest BCUT2D eigenvalue weighted by molar-refractivity contribution is 9.09. The van der Waals surface area contributed by atoms with Gasteiger partial charge >= 0.3 is 18.1 Å². The van der Waals surface area contributed by atoms with Gasteiger partial charge in [-0.15, -0.1) is 0 Å². The van der Waals surface area contributed by atoms with E-state index in [0.29, 0.717) is 71.4 Å². The second kappa shape index (κ2) is 31.7. The van der Waals surface area contributed by atoms with E-state index in [9.17, 15) is 48.3 Å². The summed E-state index contributed by atoms with van der Waals surface area (Å²) in [7, 11) is 4.06. The standard InChI is InChI=1S/C63H84BrClF2N6O14/c1-34(2)43(29-42(74)19-14-12-13-15-21-49(75)37(5)33-64)57(78)70-47(20-17-23-69-60(68)81)50(76)28-41-27-46(67)44(30-45(41)66)58(79)72(9)39(7)59(80)86-53-31-54(77)73(10)48-26-40(25-36(4)55(48)65)24-35(3)18-16-22-52(84-11)63(83)32-51(85-61(82)71-63)38(6)56-62(53,8)87-56/h16,18,22,25-27,30,34,38-39,43,47,51-53,56,83H,5,12-15,17,19-21,23-24,28-29,31-33H2,1-4,6-11H3,(H,70,78)(H,71,82)(H3,68,69,81)/b22-16+,35-18+/t38-,39+,43+,47+,51+,52-,53+,56+,62+,63+/m1/s1. The minimum atomic E-state index is -1.94. The van der Waals surface area contributed by atoms with Gasteiger partial charge < -0.3 is 50.2 Å². The van der Waals surface area contributed by atoms with Crippen LogP contribution in [0.15, 0.2) is 60.2 Å². The second-order valence-corrected chi connectivity index (χ2v) is 24.6. The second-order valence-electron chi connectivity index (χ2n) is 23.7. The fraction of sp³-hybridized carbons (Fsp3) is 0.571. The summed E-state index contributed by atoms with van der Waals surface area (Å²) in [6.45, 7) is 15.5. The number of hydrogen-bond acceptors (Lipinski definition) is 14. The zero-order chi connectivity index (χ0) is 64.8. The van der Waals surface area contributed by atoms with Gasteiger partial charge in [0.2, 0.25) is 11.8 Å². The highest BCUT2D eigenvalue weighted by Crippen LogP contribution is 2.49. The molecule has 2 aromatic rings. The van der Waals surface area contributed by atoms with Crippen LogP contribution in [0.5, 0.6) is 0 Å². The summed E-state index contributed by atoms with van der Waals surface area (Å²) in [5.41, 5.74) is 3.82. The third-order valence-electron chi connectivity index (χ3n) is 16.6. The summed E-state index contributed by atoms with van der Waals surface area (Å²) in [4.78, 5) is 123. The molecule has 20 nitrogen and oxygen atoms in total. The number of epoxide rings is 1. The molecule has 87 heavy (non-hydrogen) atoms. The number of amides is 6. The van der Waals surface area contributed by atoms with E-state index in [4.69, 9.17) is 36.3 Å². The van der Waals surface area contributed by atoms with Gasteiger partial charge in [-0.2, -0.15) is 0 Å². The van der Waals surface area contributed by atoms with Crippen molar-refractivity contribution in [3.05, 3.63) is 99.1 Å². The Morgan fingerprint density at radius 2 is 1.70 bits per heavy atom. The van der Waals surface area contributed by atoms with Gasteiger partial charge in [0.25, 0.3) is 5.91 Å². The van der Waals surface area contributed by atoms with Crippen molar-refractivity contribution in [3.8, 4) is 0 Å². The van der Waals surface area contributed by atoms with E-state index in [2.05, 4.69) is 38.5 Å². The number of rotatable bonds is 26. The quantitative estimate of drug-likeness (QED) is 0.0194. The third-order valence-corrected chi connectivity index (χ3v) is 17.8. The number of esters is 1. The van der Waals surface area contributed by atoms with Crippen molar-refractivity contribution in [2.24, 2.45) is 23.5 Å². The predicted octanol–water partition coefficient (Wildman–Crippen LogP) is 8.54. The average Bonchev–Trinajstić information content (AvgIpc) is 1.61. The van der Waals surface area contributed by atoms with Gasteiger partial charge in [0, 0.05) is 77.0 Å². The number of aliphatic hydroxyl groups is 1. The number of unbranched alkanes of at least 4 members (excludes halogenated alkanes) is 3. The lowest BCUT2D eigenvalue weighted by Crippen LogP contribution is -2.63. The van der Waals surface area contributed by atoms with Crippen molar-refractivity contribution in [1.82, 2.24) is 20.9 Å². The van der Waals surface area contributed by atoms with Crippen LogP contribution in [-0.4, -0.2) is 144 Å². The number of aryl methyl sites for hydroxylation is 1. The Kier molecular flexibility index (Phi) is 26.0. The molecule has 0 radical (unpaired) electrons. The van der Waals surface area contributed by atoms with Crippen LogP contribution < -0.4 is 26.6 Å². The molecule has 6 amide bonds. The number of nitrogens with zero attached hydrogens (tertiary/aromatic N) is 2. The Bertz CT molecular complexity index is 3000. The first kappa shape index (κ1) is 71.4. The minimum absolute atomic E-state index is 0.0161. The number of ketones is 3. The number of ether oxygens (including phenoxy) is 4. The molecule has 2 saturated heterocycles. The molecule has 10 atom stereocenters. The Balaban J connectivity index is 1.33. The average molecular weight is 1300 g/mol. The number of anilines is 1. The highest BCUT2D eigenvalue weighted by atomic mass is 79.9. The fourth-order valence-electron chi connectivity index (χ4n) is 10.9. The van der Waals surface area contributed by atoms with Crippen LogP contribution in [0.2, 0.25) is 5.02 Å². The van der Waals surface area contributed by atoms with Gasteiger partial charge in [0.1, 0.15) is 47.4 Å². The number of carbonyl (C=O) groups excluding carboxylic acids is 9. The molecule has 3 heterocycles. The minimum Gasteiger partial charge on any atom is -0.457 e. The largest absolute Gasteiger partial charge is 0.457 e. The van der Waals surface area contributed by atoms with Crippen molar-refractivity contribution in [1.29, 1.82) is 0 Å². The first-order valence-corrected chi connectivity index (χ1v) is 30.8. The molecule has 24 heteroatoms. The first-order valence-electron chi connectivity index (χ1n) is 29.3. The molecule has 0 aromatic heterocycles. The molecule has 0 saturated carbocycles. The zero-order valence-electron chi connectivity index (χ0n) is 51.3. The van der Waals surface area contributed by atoms with Crippen molar-refractivity contribution in [3.63, 3.8) is 0 Å². The molecule has 4 bridgehead atoms. The van der Waals surface area contributed by atoms with E-state index in [0.717, 1.165) is 29.5 Å². The summed E-state index contributed by atoms with van der Waals surface area (Å²) in [6.07, 6.45) is 2.12. The maximum Gasteiger partial charge on any atom is 0.409 e. The summed E-state index contributed by atoms with van der Waals surface area (Å²) in [5.74, 6) is -8.61. The van der Waals surface area contributed by atoms with Gasteiger partial charge in [-0.25, -0.2) is 23.2 Å². The smallest absolute Gasteiger partial charge is 0.409 e. The van der Waals surface area contributed by atoms with Crippen LogP contribution in [0.1, 0.15) is 139 Å². The maximum atomic E-state index is 16.2. The lowest BCUT2D eigenvalue weighted by atomic mass is 9.83. The normalized spacial score (nSPS) is 24.2. The molecular formula is C63H84BrClF2N6O14. The number of primary amides is 1. The molecule has 5 rings (SSSR count). The van der Waals surface area contributed by atoms with E-state index in [1.54, 1.807) is 52.8 Å². The number of alkyl halides is 1. The number of methoxy groups -OCH3 is 1. The number of alkyl carbamates (subject to hydrolysis) is 1. The highest BCUT2D eigenvalue weighted by Gasteiger charge is 2.64. The van der Waals surface area contributed by atoms with Gasteiger partial charge in [0.15, 0.2) is 17.3 Å². The predicted molar refractivity (Wildman–Crippen MR) is 326 cm³/mol. The molecule has 3 aliphatic heterocycles. The van der Waals surface area contributed by atoms with E-state index in [1.165, 1.54) is 26.0 Å². The monoisotopic (exact) mass is 1300 g/mol. The summed E-state index contributed by atoms with van der Waals surface area (Å²) in [5, 5.41) is 20.2. The Morgan fingerprint density at radius 1 is 1.02 bits per heavy atom. The topological polar surface area (TPSA) is 283 Å². The molecule has 2 aromatic carbocycles. The summed E-state index contributed by atoms with van der Waals surface area (Å²) < 4.78 is 56.1. The number of nitrogens with two attached hydrogens (primary N) is 1. The molecule has 0 spiro atoms. The van der Waals surface area contributed by atoms with Crippen molar-refractivity contribution in [2.45, 2.75) is 180 Å². The first-order chi connectivity index (χ1) is 40.8. The number of nitrogens with one attached hydrogen (secondary N) is 3. The molecule has 3 aliphatic rings. The number of fused-ring (bicyclic) bond motifs is 5. The van der Waals surface area contributed by atoms with E-state index < -0.39 is 137 Å². The Morgan fingerprint density at radius 3 is 2.34 bits per heavy atom. The molecule has 0 unspecified atom stereocenters. The van der Waals surface area contributed by atoms with E-state index in [1.807, 2.05) is 19.1 Å². The van der Waals surface area contributed by atoms with Gasteiger partial charge in [0.05, 0.1) is 34.8 Å². The van der Waals surface area contributed by atoms with Crippen LogP contribution >= 0.6 is 27.5 Å². The van der Waals surface area contributed by atoms with Crippen LogP contribution in [0.4, 0.5) is 24.1 Å². The van der Waals surface area contributed by atoms with Crippen LogP contribution in [-0.2, 0) is 60.6 Å². The fourth-order valence-corrected chi connectivity index (χ4v) is 11.5. The third kappa shape index (κ3) is 19.1. The lowest BCUT2D eigenvalue weighted by Gasteiger charge is -2.42. The number of benzene rings is 2. The van der Waals surface area contributed by atoms with Crippen LogP contribution in [0.3, 0.4) is 0 Å². The number of likely N-dealkylation sites (N-methyl/N-ethyl adjacent to an activating group) is 1. The van der Waals surface area contributed by atoms with Gasteiger partial charge in [-0.05, 0) is 106 Å². The van der Waals surface area contributed by atoms with E-state index >= 15 is 8.78 Å². The summed E-state index contributed by atoms with van der Waals surface area (Å²) in [6, 6.07) is 1.29. The lowest BCUT2D eigenvalue weighted by molar-refractivity contribution is -0.158. The molecule has 478 valence electrons. The van der Waals surface area contributed by atoms with Crippen molar-refractivity contribution in [2.75, 3.05) is 38.0 Å². The Labute approximate surface area is 521 Å². The van der Waals surface area contributed by atoms with Crippen LogP contribution in [0, 0.1) is 36.3 Å². The number of allylic oxidation sites excluding steroid dienone is 4. The van der Waals surface area contributed by atoms with Gasteiger partial charge in [-0.1, -0.05) is 97.6 Å². The molecular weight excluding hydrogens is 1220 g/mol. The summed E-state index contributed by atoms with van der Waals surface area (Å²) >= 11 is 10.1. The number of Topliss-reactive ketones (excluding diaryl/α,β-unsaturated/α-hetero) is 3. The van der Waals surface area contributed by atoms with Crippen molar-refractivity contribution >= 4 is 86.4 Å². The number of carbonyl (C=O) groups is 9. The van der Waals surface area contributed by atoms with E-state index in [-0.39, 0.29) is 56.1 Å². The van der Waals surface area contributed by atoms with Crippen molar-refractivity contribution < 1.29 is 76.0 Å². The van der Waals surface area contributed by atoms with Gasteiger partial charge in [-0.3, -0.25) is 34.1 Å². The zero-order valence-corrected chi connectivity index (χ0v) is 53.6. The molecule has 2 fully saturated rings. The molecule has 6 N–H and O–H groups in total. The SMILES string of the molecule is C=C(CBr)C(=O)CCCCCCC(=O)C[C@H](C(=O)N[C@@H](CCCNC(N)=O)C(=O)Cc1cc(F)c(C(=O)N(C)[C@@H](C)C(=O)O[C@H]2CC(=O)N(C)c3cc(cc(C)c3Cl)C/C(C)=C/C=C/[C@@H](OC)[C@@]3(O)C[C@H](OC(=O)N3)[C@@H](C)[C@@H]3O[C@@]23C)cc1F)C(C)C. The van der Waals surface area contributed by atoms with Crippen LogP contribution in [0.25, 0.3) is 0 Å².